The Morgan fingerprint density at radius 1 is 0.550 bits per heavy atom. The molecule has 0 aromatic carbocycles. The van der Waals surface area contributed by atoms with E-state index in [0.717, 1.165) is 38.3 Å². The van der Waals surface area contributed by atoms with Gasteiger partial charge in [0, 0.05) is 26.4 Å². The molecule has 0 bridgehead atoms. The molecule has 1 atom stereocenters. The first-order chi connectivity index (χ1) is 9.79. The van der Waals surface area contributed by atoms with Crippen molar-refractivity contribution in [1.29, 1.82) is 0 Å². The molecule has 2 heteroatoms. The maximum atomic E-state index is 5.18. The van der Waals surface area contributed by atoms with E-state index in [1.165, 1.54) is 64.2 Å². The molecule has 20 heavy (non-hydrogen) atoms. The zero-order valence-electron chi connectivity index (χ0n) is 13.9. The van der Waals surface area contributed by atoms with Crippen LogP contribution in [0, 0.1) is 11.8 Å². The second-order valence-electron chi connectivity index (χ2n) is 6.74. The SMILES string of the molecule is C1CCCCC1.CC1CCCOC1.CC1CCOCC1. The lowest BCUT2D eigenvalue weighted by molar-refractivity contribution is 0.0616. The molecule has 0 N–H and O–H groups in total. The molecule has 2 aliphatic heterocycles. The molecule has 3 aliphatic rings. The van der Waals surface area contributed by atoms with Gasteiger partial charge >= 0.3 is 0 Å². The monoisotopic (exact) mass is 284 g/mol. The van der Waals surface area contributed by atoms with Gasteiger partial charge in [-0.05, 0) is 37.5 Å². The Labute approximate surface area is 126 Å². The molecule has 0 aromatic rings. The van der Waals surface area contributed by atoms with Crippen LogP contribution in [0.15, 0.2) is 0 Å². The van der Waals surface area contributed by atoms with E-state index in [1.807, 2.05) is 0 Å². The maximum absolute atomic E-state index is 5.18. The van der Waals surface area contributed by atoms with Gasteiger partial charge in [-0.15, -0.1) is 0 Å². The van der Waals surface area contributed by atoms with Gasteiger partial charge in [0.25, 0.3) is 0 Å². The van der Waals surface area contributed by atoms with Crippen LogP contribution in [-0.4, -0.2) is 26.4 Å². The summed E-state index contributed by atoms with van der Waals surface area (Å²) in [5.41, 5.74) is 0. The first kappa shape index (κ1) is 18.0. The van der Waals surface area contributed by atoms with Crippen LogP contribution in [0.2, 0.25) is 0 Å². The minimum atomic E-state index is 0.814. The highest BCUT2D eigenvalue weighted by atomic mass is 16.5. The minimum absolute atomic E-state index is 0.814. The number of ether oxygens (including phenoxy) is 2. The largest absolute Gasteiger partial charge is 0.381 e. The van der Waals surface area contributed by atoms with Crippen molar-refractivity contribution in [3.05, 3.63) is 0 Å². The second-order valence-corrected chi connectivity index (χ2v) is 6.74. The zero-order valence-corrected chi connectivity index (χ0v) is 13.9. The van der Waals surface area contributed by atoms with Gasteiger partial charge in [0.05, 0.1) is 0 Å². The molecule has 0 spiro atoms. The third-order valence-corrected chi connectivity index (χ3v) is 4.40. The predicted molar refractivity (Wildman–Crippen MR) is 86.1 cm³/mol. The average molecular weight is 284 g/mol. The van der Waals surface area contributed by atoms with Gasteiger partial charge in [-0.2, -0.15) is 0 Å². The van der Waals surface area contributed by atoms with Crippen molar-refractivity contribution in [1.82, 2.24) is 0 Å². The molecule has 1 aliphatic carbocycles. The highest BCUT2D eigenvalue weighted by Crippen LogP contribution is 2.15. The van der Waals surface area contributed by atoms with Crippen LogP contribution in [0.3, 0.4) is 0 Å². The van der Waals surface area contributed by atoms with Gasteiger partial charge in [0.1, 0.15) is 0 Å². The number of hydrogen-bond acceptors (Lipinski definition) is 2. The lowest BCUT2D eigenvalue weighted by Crippen LogP contribution is -2.13. The van der Waals surface area contributed by atoms with Crippen molar-refractivity contribution in [3.8, 4) is 0 Å². The fourth-order valence-electron chi connectivity index (χ4n) is 2.78. The maximum Gasteiger partial charge on any atom is 0.0491 e. The van der Waals surface area contributed by atoms with E-state index in [4.69, 9.17) is 9.47 Å². The number of hydrogen-bond donors (Lipinski definition) is 0. The Morgan fingerprint density at radius 2 is 1.10 bits per heavy atom. The molecule has 0 amide bonds. The smallest absolute Gasteiger partial charge is 0.0491 e. The molecule has 0 radical (unpaired) electrons. The Morgan fingerprint density at radius 3 is 1.35 bits per heavy atom. The van der Waals surface area contributed by atoms with Crippen molar-refractivity contribution in [2.45, 2.75) is 78.1 Å². The summed E-state index contributed by atoms with van der Waals surface area (Å²) in [5.74, 6) is 1.72. The van der Waals surface area contributed by atoms with Gasteiger partial charge < -0.3 is 9.47 Å². The quantitative estimate of drug-likeness (QED) is 0.608. The van der Waals surface area contributed by atoms with E-state index in [0.29, 0.717) is 0 Å². The fraction of sp³-hybridized carbons (Fsp3) is 1.00. The standard InChI is InChI=1S/2C6H12O.C6H12/c1-6-2-4-7-5-3-6;1-6-3-2-4-7-5-6;1-2-4-6-5-3-1/h2*6H,2-5H2,1H3;1-6H2. The molecule has 0 aromatic heterocycles. The fourth-order valence-corrected chi connectivity index (χ4v) is 2.78. The summed E-state index contributed by atoms with van der Waals surface area (Å²) in [6.07, 6.45) is 14.2. The number of rotatable bonds is 0. The van der Waals surface area contributed by atoms with Crippen molar-refractivity contribution in [2.24, 2.45) is 11.8 Å². The first-order valence-electron chi connectivity index (χ1n) is 8.94. The van der Waals surface area contributed by atoms with Crippen LogP contribution in [-0.2, 0) is 9.47 Å². The van der Waals surface area contributed by atoms with Crippen molar-refractivity contribution >= 4 is 0 Å². The third-order valence-electron chi connectivity index (χ3n) is 4.40. The molecular formula is C18H36O2. The summed E-state index contributed by atoms with van der Waals surface area (Å²) in [7, 11) is 0. The Balaban J connectivity index is 0.000000151. The lowest BCUT2D eigenvalue weighted by Gasteiger charge is -2.16. The highest BCUT2D eigenvalue weighted by Gasteiger charge is 2.06. The molecular weight excluding hydrogens is 248 g/mol. The summed E-state index contributed by atoms with van der Waals surface area (Å²) in [6.45, 7) is 8.47. The molecule has 3 rings (SSSR count). The van der Waals surface area contributed by atoms with Crippen LogP contribution >= 0.6 is 0 Å². The summed E-state index contributed by atoms with van der Waals surface area (Å²) in [5, 5.41) is 0. The summed E-state index contributed by atoms with van der Waals surface area (Å²) in [4.78, 5) is 0. The van der Waals surface area contributed by atoms with Crippen LogP contribution < -0.4 is 0 Å². The summed E-state index contributed by atoms with van der Waals surface area (Å²) < 4.78 is 10.3. The zero-order chi connectivity index (χ0) is 14.5. The topological polar surface area (TPSA) is 18.5 Å². The average Bonchev–Trinajstić information content (AvgIpc) is 2.52. The van der Waals surface area contributed by atoms with Gasteiger partial charge in [0.2, 0.25) is 0 Å². The van der Waals surface area contributed by atoms with E-state index >= 15 is 0 Å². The molecule has 120 valence electrons. The molecule has 3 fully saturated rings. The summed E-state index contributed by atoms with van der Waals surface area (Å²) in [6, 6.07) is 0. The van der Waals surface area contributed by atoms with E-state index < -0.39 is 0 Å². The van der Waals surface area contributed by atoms with Gasteiger partial charge in [0.15, 0.2) is 0 Å². The summed E-state index contributed by atoms with van der Waals surface area (Å²) >= 11 is 0. The molecule has 2 heterocycles. The Hall–Kier alpha value is -0.0800. The van der Waals surface area contributed by atoms with E-state index in [9.17, 15) is 0 Å². The Kier molecular flexibility index (Phi) is 11.4. The normalized spacial score (nSPS) is 27.6. The van der Waals surface area contributed by atoms with Crippen molar-refractivity contribution < 1.29 is 9.47 Å². The van der Waals surface area contributed by atoms with Crippen LogP contribution in [0.25, 0.3) is 0 Å². The molecule has 1 saturated carbocycles. The first-order valence-corrected chi connectivity index (χ1v) is 8.94. The lowest BCUT2D eigenvalue weighted by atomic mass is 10.0. The van der Waals surface area contributed by atoms with Gasteiger partial charge in [-0.25, -0.2) is 0 Å². The van der Waals surface area contributed by atoms with Crippen molar-refractivity contribution in [2.75, 3.05) is 26.4 Å². The van der Waals surface area contributed by atoms with Crippen LogP contribution in [0.4, 0.5) is 0 Å². The van der Waals surface area contributed by atoms with Gasteiger partial charge in [-0.3, -0.25) is 0 Å². The Bertz CT molecular complexity index is 162. The van der Waals surface area contributed by atoms with Crippen molar-refractivity contribution in [3.63, 3.8) is 0 Å². The van der Waals surface area contributed by atoms with Crippen LogP contribution in [0.1, 0.15) is 78.1 Å². The molecule has 2 saturated heterocycles. The van der Waals surface area contributed by atoms with E-state index in [2.05, 4.69) is 13.8 Å². The van der Waals surface area contributed by atoms with Crippen LogP contribution in [0.5, 0.6) is 0 Å². The predicted octanol–water partition coefficient (Wildman–Crippen LogP) is 5.21. The molecule has 2 nitrogen and oxygen atoms in total. The highest BCUT2D eigenvalue weighted by molar-refractivity contribution is 4.56. The molecule has 1 unspecified atom stereocenters. The minimum Gasteiger partial charge on any atom is -0.381 e. The van der Waals surface area contributed by atoms with E-state index in [1.54, 1.807) is 0 Å². The van der Waals surface area contributed by atoms with E-state index in [-0.39, 0.29) is 0 Å². The third kappa shape index (κ3) is 10.7. The van der Waals surface area contributed by atoms with Gasteiger partial charge in [-0.1, -0.05) is 52.4 Å². The second kappa shape index (κ2) is 12.6.